The largest absolute Gasteiger partial charge is 0.475 e. The number of benzene rings is 1. The smallest absolute Gasteiger partial charge is 0.373 e. The van der Waals surface area contributed by atoms with Gasteiger partial charge in [0.1, 0.15) is 5.82 Å². The number of hydrogen-bond acceptors (Lipinski definition) is 3. The van der Waals surface area contributed by atoms with Crippen molar-refractivity contribution in [2.75, 3.05) is 0 Å². The second-order valence-electron chi connectivity index (χ2n) is 3.95. The summed E-state index contributed by atoms with van der Waals surface area (Å²) in [4.78, 5) is 15.1. The molecule has 0 saturated heterocycles. The van der Waals surface area contributed by atoms with Gasteiger partial charge in [0.25, 0.3) is 0 Å². The lowest BCUT2D eigenvalue weighted by Crippen LogP contribution is -1.99. The van der Waals surface area contributed by atoms with Crippen LogP contribution in [-0.2, 0) is 6.42 Å². The molecule has 6 heteroatoms. The first-order valence-electron chi connectivity index (χ1n) is 5.72. The molecular formula is C13H11ClFNO3. The van der Waals surface area contributed by atoms with Crippen molar-refractivity contribution in [2.24, 2.45) is 0 Å². The molecule has 0 spiro atoms. The third-order valence-corrected chi connectivity index (χ3v) is 2.94. The number of carbonyl (C=O) groups is 1. The average molecular weight is 284 g/mol. The van der Waals surface area contributed by atoms with E-state index in [1.807, 2.05) is 6.92 Å². The Kier molecular flexibility index (Phi) is 3.85. The van der Waals surface area contributed by atoms with Gasteiger partial charge in [-0.2, -0.15) is 0 Å². The molecule has 0 aliphatic rings. The summed E-state index contributed by atoms with van der Waals surface area (Å²) in [5.41, 5.74) is 0.580. The molecule has 0 amide bonds. The Morgan fingerprint density at radius 1 is 1.53 bits per heavy atom. The quantitative estimate of drug-likeness (QED) is 0.927. The molecule has 1 aromatic heterocycles. The highest BCUT2D eigenvalue weighted by Crippen LogP contribution is 2.31. The highest BCUT2D eigenvalue weighted by atomic mass is 35.5. The van der Waals surface area contributed by atoms with Crippen LogP contribution in [0.4, 0.5) is 4.39 Å². The number of aromatic carboxylic acids is 1. The van der Waals surface area contributed by atoms with Gasteiger partial charge in [-0.15, -0.1) is 0 Å². The summed E-state index contributed by atoms with van der Waals surface area (Å²) in [6, 6.07) is 4.19. The van der Waals surface area contributed by atoms with Crippen molar-refractivity contribution >= 4 is 17.6 Å². The maximum Gasteiger partial charge on any atom is 0.373 e. The van der Waals surface area contributed by atoms with Crippen molar-refractivity contribution in [3.05, 3.63) is 40.5 Å². The van der Waals surface area contributed by atoms with Crippen molar-refractivity contribution in [1.82, 2.24) is 4.98 Å². The molecule has 0 saturated carbocycles. The Hall–Kier alpha value is -1.88. The Morgan fingerprint density at radius 3 is 2.89 bits per heavy atom. The zero-order valence-electron chi connectivity index (χ0n) is 10.1. The van der Waals surface area contributed by atoms with Crippen LogP contribution in [0, 0.1) is 5.82 Å². The number of aryl methyl sites for hydroxylation is 1. The van der Waals surface area contributed by atoms with Gasteiger partial charge in [-0.25, -0.2) is 14.2 Å². The van der Waals surface area contributed by atoms with Gasteiger partial charge in [-0.05, 0) is 18.6 Å². The monoisotopic (exact) mass is 283 g/mol. The fourth-order valence-electron chi connectivity index (χ4n) is 1.71. The minimum atomic E-state index is -1.20. The van der Waals surface area contributed by atoms with E-state index in [1.165, 1.54) is 18.2 Å². The third kappa shape index (κ3) is 2.61. The predicted octanol–water partition coefficient (Wildman–Crippen LogP) is 3.78. The fraction of sp³-hybridized carbons (Fsp3) is 0.231. The predicted molar refractivity (Wildman–Crippen MR) is 67.9 cm³/mol. The lowest BCUT2D eigenvalue weighted by Gasteiger charge is -1.99. The first kappa shape index (κ1) is 13.5. The number of aromatic nitrogens is 1. The van der Waals surface area contributed by atoms with E-state index in [9.17, 15) is 9.18 Å². The number of hydrogen-bond donors (Lipinski definition) is 1. The van der Waals surface area contributed by atoms with E-state index in [0.29, 0.717) is 12.1 Å². The first-order chi connectivity index (χ1) is 9.04. The number of halogens is 2. The summed E-state index contributed by atoms with van der Waals surface area (Å²) in [7, 11) is 0. The van der Waals surface area contributed by atoms with E-state index in [1.54, 1.807) is 0 Å². The van der Waals surface area contributed by atoms with Crippen LogP contribution in [0.25, 0.3) is 11.5 Å². The maximum absolute atomic E-state index is 13.4. The molecule has 0 bridgehead atoms. The first-order valence-corrected chi connectivity index (χ1v) is 6.09. The van der Waals surface area contributed by atoms with Crippen molar-refractivity contribution in [3.8, 4) is 11.5 Å². The summed E-state index contributed by atoms with van der Waals surface area (Å²) in [6.45, 7) is 1.90. The molecule has 100 valence electrons. The highest BCUT2D eigenvalue weighted by Gasteiger charge is 2.21. The second kappa shape index (κ2) is 5.40. The van der Waals surface area contributed by atoms with Crippen LogP contribution in [0.3, 0.4) is 0 Å². The van der Waals surface area contributed by atoms with Gasteiger partial charge in [0, 0.05) is 0 Å². The molecule has 2 aromatic rings. The van der Waals surface area contributed by atoms with Gasteiger partial charge >= 0.3 is 5.97 Å². The Bertz CT molecular complexity index is 624. The topological polar surface area (TPSA) is 63.3 Å². The molecular weight excluding hydrogens is 273 g/mol. The van der Waals surface area contributed by atoms with E-state index in [4.69, 9.17) is 21.1 Å². The molecule has 4 nitrogen and oxygen atoms in total. The number of nitrogens with zero attached hydrogens (tertiary/aromatic N) is 1. The van der Waals surface area contributed by atoms with Crippen LogP contribution in [0.1, 0.15) is 29.6 Å². The fourth-order valence-corrected chi connectivity index (χ4v) is 1.92. The van der Waals surface area contributed by atoms with E-state index in [2.05, 4.69) is 4.98 Å². The van der Waals surface area contributed by atoms with Crippen molar-refractivity contribution < 1.29 is 18.7 Å². The van der Waals surface area contributed by atoms with Crippen LogP contribution in [0.5, 0.6) is 0 Å². The minimum Gasteiger partial charge on any atom is -0.475 e. The summed E-state index contributed by atoms with van der Waals surface area (Å²) in [5, 5.41) is 8.90. The highest BCUT2D eigenvalue weighted by molar-refractivity contribution is 6.33. The lowest BCUT2D eigenvalue weighted by atomic mass is 10.2. The van der Waals surface area contributed by atoms with E-state index < -0.39 is 11.8 Å². The number of carboxylic acid groups (broad SMARTS) is 1. The van der Waals surface area contributed by atoms with Gasteiger partial charge in [-0.3, -0.25) is 0 Å². The normalized spacial score (nSPS) is 10.7. The van der Waals surface area contributed by atoms with Gasteiger partial charge in [0.15, 0.2) is 0 Å². The SMILES string of the molecule is CCCc1nc(-c2cccc(F)c2Cl)oc1C(=O)O. The second-order valence-corrected chi connectivity index (χ2v) is 4.33. The van der Waals surface area contributed by atoms with Gasteiger partial charge in [-0.1, -0.05) is 31.0 Å². The zero-order valence-corrected chi connectivity index (χ0v) is 10.9. The van der Waals surface area contributed by atoms with E-state index in [0.717, 1.165) is 6.42 Å². The zero-order chi connectivity index (χ0) is 14.0. The van der Waals surface area contributed by atoms with Crippen molar-refractivity contribution in [2.45, 2.75) is 19.8 Å². The number of oxazole rings is 1. The molecule has 0 aliphatic carbocycles. The third-order valence-electron chi connectivity index (χ3n) is 2.56. The van der Waals surface area contributed by atoms with Crippen LogP contribution in [0.2, 0.25) is 5.02 Å². The van der Waals surface area contributed by atoms with Crippen molar-refractivity contribution in [1.29, 1.82) is 0 Å². The minimum absolute atomic E-state index is 0.0188. The lowest BCUT2D eigenvalue weighted by molar-refractivity contribution is 0.0661. The Labute approximate surface area is 113 Å². The average Bonchev–Trinajstić information content (AvgIpc) is 2.77. The van der Waals surface area contributed by atoms with Gasteiger partial charge in [0.2, 0.25) is 11.7 Å². The van der Waals surface area contributed by atoms with Crippen LogP contribution >= 0.6 is 11.6 Å². The molecule has 0 aliphatic heterocycles. The summed E-state index contributed by atoms with van der Waals surface area (Å²) in [6.07, 6.45) is 1.20. The molecule has 1 heterocycles. The van der Waals surface area contributed by atoms with E-state index >= 15 is 0 Å². The molecule has 1 N–H and O–H groups in total. The van der Waals surface area contributed by atoms with Crippen LogP contribution < -0.4 is 0 Å². The summed E-state index contributed by atoms with van der Waals surface area (Å²) >= 11 is 5.82. The number of carboxylic acids is 1. The molecule has 0 unspecified atom stereocenters. The Morgan fingerprint density at radius 2 is 2.26 bits per heavy atom. The van der Waals surface area contributed by atoms with Gasteiger partial charge < -0.3 is 9.52 Å². The molecule has 0 atom stereocenters. The van der Waals surface area contributed by atoms with Crippen LogP contribution in [-0.4, -0.2) is 16.1 Å². The molecule has 2 rings (SSSR count). The molecule has 19 heavy (non-hydrogen) atoms. The Balaban J connectivity index is 2.54. The van der Waals surface area contributed by atoms with E-state index in [-0.39, 0.29) is 22.2 Å². The molecule has 1 aromatic carbocycles. The standard InChI is InChI=1S/C13H11ClFNO3/c1-2-4-9-11(13(17)18)19-12(16-9)7-5-3-6-8(15)10(7)14/h3,5-6H,2,4H2,1H3,(H,17,18). The number of rotatable bonds is 4. The maximum atomic E-state index is 13.4. The molecule has 0 radical (unpaired) electrons. The summed E-state index contributed by atoms with van der Waals surface area (Å²) < 4.78 is 18.6. The van der Waals surface area contributed by atoms with Crippen LogP contribution in [0.15, 0.2) is 22.6 Å². The van der Waals surface area contributed by atoms with Crippen molar-refractivity contribution in [3.63, 3.8) is 0 Å². The molecule has 0 fully saturated rings. The van der Waals surface area contributed by atoms with Gasteiger partial charge in [0.05, 0.1) is 16.3 Å². The summed E-state index contributed by atoms with van der Waals surface area (Å²) in [5.74, 6) is -2.01.